The van der Waals surface area contributed by atoms with Gasteiger partial charge in [-0.25, -0.2) is 0 Å². The van der Waals surface area contributed by atoms with Crippen LogP contribution in [0.4, 0.5) is 0 Å². The van der Waals surface area contributed by atoms with Crippen LogP contribution in [0.1, 0.15) is 24.5 Å². The Morgan fingerprint density at radius 1 is 0.763 bits per heavy atom. The van der Waals surface area contributed by atoms with Crippen LogP contribution in [0.2, 0.25) is 0 Å². The van der Waals surface area contributed by atoms with Crippen LogP contribution in [0.5, 0.6) is 23.0 Å². The molecule has 0 aromatic heterocycles. The summed E-state index contributed by atoms with van der Waals surface area (Å²) in [6, 6.07) is 9.89. The molecule has 2 rings (SSSR count). The first-order valence-electron chi connectivity index (χ1n) is 12.2. The largest absolute Gasteiger partial charge is 0.496 e. The molecule has 5 atom stereocenters. The number of aliphatic hydroxyl groups is 6. The Kier molecular flexibility index (Phi) is 11.4. The molecule has 10 heteroatoms. The third kappa shape index (κ3) is 6.58. The van der Waals surface area contributed by atoms with E-state index in [1.165, 1.54) is 28.4 Å². The van der Waals surface area contributed by atoms with E-state index in [0.29, 0.717) is 17.1 Å². The normalized spacial score (nSPS) is 17.2. The number of benzene rings is 2. The van der Waals surface area contributed by atoms with Crippen molar-refractivity contribution < 1.29 is 49.6 Å². The molecule has 2 aromatic carbocycles. The zero-order chi connectivity index (χ0) is 28.5. The van der Waals surface area contributed by atoms with Gasteiger partial charge in [0.1, 0.15) is 52.5 Å². The Morgan fingerprint density at radius 2 is 1.18 bits per heavy atom. The van der Waals surface area contributed by atoms with E-state index in [4.69, 9.17) is 18.9 Å². The van der Waals surface area contributed by atoms with Gasteiger partial charge in [0.15, 0.2) is 0 Å². The SMILES string of the molecule is C/C=C/CC(O)(Cc1c(OC)cccc1OC)[C@@H](O)[C@@](O)(Cc1c(OC)cccc1OC)[C@H](O)[C@@H](O)CO. The highest BCUT2D eigenvalue weighted by atomic mass is 16.5. The number of aliphatic hydroxyl groups excluding tert-OH is 4. The fraction of sp³-hybridized carbons (Fsp3) is 0.500. The molecule has 0 fully saturated rings. The van der Waals surface area contributed by atoms with E-state index in [1.807, 2.05) is 0 Å². The molecule has 2 aromatic rings. The fourth-order valence-corrected chi connectivity index (χ4v) is 4.66. The molecule has 0 spiro atoms. The lowest BCUT2D eigenvalue weighted by Gasteiger charge is -2.46. The van der Waals surface area contributed by atoms with E-state index in [2.05, 4.69) is 0 Å². The molecule has 0 aliphatic heterocycles. The van der Waals surface area contributed by atoms with Crippen LogP contribution in [-0.2, 0) is 12.8 Å². The average molecular weight is 537 g/mol. The summed E-state index contributed by atoms with van der Waals surface area (Å²) in [5.74, 6) is 1.32. The molecule has 10 nitrogen and oxygen atoms in total. The summed E-state index contributed by atoms with van der Waals surface area (Å²) in [4.78, 5) is 0. The molecule has 0 saturated carbocycles. The third-order valence-corrected chi connectivity index (χ3v) is 6.76. The lowest BCUT2D eigenvalue weighted by molar-refractivity contribution is -0.228. The van der Waals surface area contributed by atoms with Gasteiger partial charge in [0.05, 0.1) is 35.0 Å². The van der Waals surface area contributed by atoms with E-state index in [0.717, 1.165) is 0 Å². The second-order valence-electron chi connectivity index (χ2n) is 9.10. The van der Waals surface area contributed by atoms with Crippen LogP contribution in [0.25, 0.3) is 0 Å². The van der Waals surface area contributed by atoms with Crippen molar-refractivity contribution in [3.8, 4) is 23.0 Å². The molecule has 0 aliphatic carbocycles. The van der Waals surface area contributed by atoms with E-state index >= 15 is 0 Å². The van der Waals surface area contributed by atoms with Crippen molar-refractivity contribution in [3.05, 3.63) is 59.7 Å². The monoisotopic (exact) mass is 536 g/mol. The zero-order valence-electron chi connectivity index (χ0n) is 22.5. The molecular weight excluding hydrogens is 496 g/mol. The maximum Gasteiger partial charge on any atom is 0.126 e. The van der Waals surface area contributed by atoms with Gasteiger partial charge in [-0.1, -0.05) is 24.3 Å². The van der Waals surface area contributed by atoms with E-state index in [1.54, 1.807) is 55.5 Å². The lowest BCUT2D eigenvalue weighted by atomic mass is 9.71. The van der Waals surface area contributed by atoms with E-state index in [-0.39, 0.29) is 29.9 Å². The van der Waals surface area contributed by atoms with E-state index < -0.39 is 42.5 Å². The molecular formula is C28H40O10. The number of allylic oxidation sites excluding steroid dienone is 1. The number of hydrogen-bond acceptors (Lipinski definition) is 10. The van der Waals surface area contributed by atoms with Crippen molar-refractivity contribution >= 4 is 0 Å². The summed E-state index contributed by atoms with van der Waals surface area (Å²) < 4.78 is 21.7. The summed E-state index contributed by atoms with van der Waals surface area (Å²) in [6.07, 6.45) is -3.68. The Bertz CT molecular complexity index is 1010. The van der Waals surface area contributed by atoms with Crippen LogP contribution < -0.4 is 18.9 Å². The van der Waals surface area contributed by atoms with Crippen molar-refractivity contribution in [1.82, 2.24) is 0 Å². The molecule has 0 aliphatic rings. The van der Waals surface area contributed by atoms with Gasteiger partial charge >= 0.3 is 0 Å². The summed E-state index contributed by atoms with van der Waals surface area (Å²) >= 11 is 0. The van der Waals surface area contributed by atoms with Gasteiger partial charge in [-0.05, 0) is 37.6 Å². The predicted octanol–water partition coefficient (Wildman–Crippen LogP) is 1.01. The molecule has 212 valence electrons. The topological polar surface area (TPSA) is 158 Å². The number of hydrogen-bond donors (Lipinski definition) is 6. The average Bonchev–Trinajstić information content (AvgIpc) is 2.94. The molecule has 0 heterocycles. The Morgan fingerprint density at radius 3 is 1.55 bits per heavy atom. The van der Waals surface area contributed by atoms with Crippen molar-refractivity contribution in [1.29, 1.82) is 0 Å². The van der Waals surface area contributed by atoms with Gasteiger partial charge in [0.2, 0.25) is 0 Å². The van der Waals surface area contributed by atoms with Gasteiger partial charge in [0.25, 0.3) is 0 Å². The first-order valence-corrected chi connectivity index (χ1v) is 12.2. The van der Waals surface area contributed by atoms with Crippen molar-refractivity contribution in [2.24, 2.45) is 0 Å². The lowest BCUT2D eigenvalue weighted by Crippen LogP contribution is -2.66. The van der Waals surface area contributed by atoms with Crippen LogP contribution in [-0.4, -0.2) is 95.2 Å². The molecule has 0 amide bonds. The fourth-order valence-electron chi connectivity index (χ4n) is 4.66. The number of ether oxygens (including phenoxy) is 4. The highest BCUT2D eigenvalue weighted by Crippen LogP contribution is 2.41. The standard InChI is InChI=1S/C28H40O10/c1-6-7-14-27(33,15-18-21(35-2)10-8-11-22(18)36-3)26(32)28(34,25(31)20(30)17-29)16-19-23(37-4)12-9-13-24(19)38-5/h6-13,20,25-26,29-34H,14-17H2,1-5H3/b7-6+/t20-,25+,26+,27?,28+/m0/s1. The molecule has 0 radical (unpaired) electrons. The van der Waals surface area contributed by atoms with Crippen LogP contribution in [0.3, 0.4) is 0 Å². The van der Waals surface area contributed by atoms with E-state index in [9.17, 15) is 30.6 Å². The molecule has 1 unspecified atom stereocenters. The Labute approximate surface area is 223 Å². The smallest absolute Gasteiger partial charge is 0.126 e. The first-order chi connectivity index (χ1) is 18.1. The van der Waals surface area contributed by atoms with Crippen LogP contribution >= 0.6 is 0 Å². The van der Waals surface area contributed by atoms with Crippen molar-refractivity contribution in [3.63, 3.8) is 0 Å². The summed E-state index contributed by atoms with van der Waals surface area (Å²) in [5, 5.41) is 66.7. The first kappa shape index (κ1) is 31.4. The highest BCUT2D eigenvalue weighted by molar-refractivity contribution is 5.47. The van der Waals surface area contributed by atoms with Crippen LogP contribution in [0.15, 0.2) is 48.6 Å². The van der Waals surface area contributed by atoms with Gasteiger partial charge in [-0.3, -0.25) is 0 Å². The minimum Gasteiger partial charge on any atom is -0.496 e. The minimum absolute atomic E-state index is 0.154. The number of rotatable bonds is 15. The predicted molar refractivity (Wildman–Crippen MR) is 141 cm³/mol. The maximum atomic E-state index is 12.0. The highest BCUT2D eigenvalue weighted by Gasteiger charge is 2.55. The second kappa shape index (κ2) is 13.8. The van der Waals surface area contributed by atoms with Gasteiger partial charge in [-0.15, -0.1) is 0 Å². The van der Waals surface area contributed by atoms with Gasteiger partial charge < -0.3 is 49.6 Å². The summed E-state index contributed by atoms with van der Waals surface area (Å²) in [5.41, 5.74) is -4.03. The molecule has 6 N–H and O–H groups in total. The molecule has 38 heavy (non-hydrogen) atoms. The Hall–Kier alpha value is -2.86. The van der Waals surface area contributed by atoms with Crippen molar-refractivity contribution in [2.45, 2.75) is 55.7 Å². The maximum absolute atomic E-state index is 12.0. The minimum atomic E-state index is -2.60. The summed E-state index contributed by atoms with van der Waals surface area (Å²) in [6.45, 7) is 0.819. The molecule has 0 bridgehead atoms. The van der Waals surface area contributed by atoms with Crippen molar-refractivity contribution in [2.75, 3.05) is 35.0 Å². The molecule has 0 saturated heterocycles. The van der Waals surface area contributed by atoms with Crippen LogP contribution in [0, 0.1) is 0 Å². The quantitative estimate of drug-likeness (QED) is 0.181. The van der Waals surface area contributed by atoms with Gasteiger partial charge in [0, 0.05) is 24.0 Å². The Balaban J connectivity index is 2.74. The third-order valence-electron chi connectivity index (χ3n) is 6.76. The number of methoxy groups -OCH3 is 4. The second-order valence-corrected chi connectivity index (χ2v) is 9.10. The summed E-state index contributed by atoms with van der Waals surface area (Å²) in [7, 11) is 5.71. The zero-order valence-corrected chi connectivity index (χ0v) is 22.5. The van der Waals surface area contributed by atoms with Gasteiger partial charge in [-0.2, -0.15) is 0 Å².